The first-order valence-electron chi connectivity index (χ1n) is 8.85. The van der Waals surface area contributed by atoms with Crippen LogP contribution >= 0.6 is 0 Å². The van der Waals surface area contributed by atoms with Crippen LogP contribution in [0.15, 0.2) is 48.5 Å². The van der Waals surface area contributed by atoms with E-state index >= 15 is 0 Å². The van der Waals surface area contributed by atoms with Gasteiger partial charge in [0.2, 0.25) is 5.91 Å². The second-order valence-corrected chi connectivity index (χ2v) is 6.47. The van der Waals surface area contributed by atoms with Crippen LogP contribution in [0.4, 0.5) is 0 Å². The van der Waals surface area contributed by atoms with Crippen molar-refractivity contribution in [3.8, 4) is 5.75 Å². The summed E-state index contributed by atoms with van der Waals surface area (Å²) in [5, 5.41) is 2.97. The van der Waals surface area contributed by atoms with Gasteiger partial charge in [0, 0.05) is 13.2 Å². The Balaban J connectivity index is 1.43. The molecule has 1 atom stereocenters. The molecule has 2 aromatic rings. The second kappa shape index (κ2) is 8.67. The third-order valence-corrected chi connectivity index (χ3v) is 4.49. The quantitative estimate of drug-likeness (QED) is 0.841. The molecule has 0 radical (unpaired) electrons. The van der Waals surface area contributed by atoms with Crippen LogP contribution in [-0.4, -0.2) is 25.2 Å². The third-order valence-electron chi connectivity index (χ3n) is 4.49. The molecular weight excluding hydrogens is 314 g/mol. The Bertz CT molecular complexity index is 691. The smallest absolute Gasteiger partial charge is 0.224 e. The minimum Gasteiger partial charge on any atom is -0.491 e. The van der Waals surface area contributed by atoms with E-state index in [0.29, 0.717) is 19.6 Å². The third kappa shape index (κ3) is 5.33. The van der Waals surface area contributed by atoms with Crippen molar-refractivity contribution >= 4 is 5.91 Å². The van der Waals surface area contributed by atoms with Gasteiger partial charge in [-0.25, -0.2) is 0 Å². The maximum Gasteiger partial charge on any atom is 0.224 e. The van der Waals surface area contributed by atoms with Gasteiger partial charge in [-0.3, -0.25) is 4.79 Å². The highest BCUT2D eigenvalue weighted by Crippen LogP contribution is 2.16. The first-order chi connectivity index (χ1) is 12.2. The number of hydrogen-bond donors (Lipinski definition) is 1. The molecule has 1 amide bonds. The van der Waals surface area contributed by atoms with E-state index < -0.39 is 0 Å². The number of nitrogens with one attached hydrogen (secondary N) is 1. The lowest BCUT2D eigenvalue weighted by atomic mass is 10.1. The minimum absolute atomic E-state index is 0.0352. The predicted octanol–water partition coefficient (Wildman–Crippen LogP) is 3.41. The summed E-state index contributed by atoms with van der Waals surface area (Å²) in [6.45, 7) is 4.00. The summed E-state index contributed by atoms with van der Waals surface area (Å²) in [7, 11) is 0. The Hall–Kier alpha value is -2.33. The normalized spacial score (nSPS) is 16.6. The Kier molecular flexibility index (Phi) is 6.07. The van der Waals surface area contributed by atoms with Crippen molar-refractivity contribution in [3.05, 3.63) is 65.2 Å². The van der Waals surface area contributed by atoms with E-state index in [9.17, 15) is 4.79 Å². The molecule has 0 spiro atoms. The van der Waals surface area contributed by atoms with Crippen molar-refractivity contribution in [2.75, 3.05) is 13.2 Å². The Morgan fingerprint density at radius 3 is 2.72 bits per heavy atom. The topological polar surface area (TPSA) is 47.6 Å². The molecule has 0 aromatic heterocycles. The van der Waals surface area contributed by atoms with Gasteiger partial charge in [0.25, 0.3) is 0 Å². The number of amides is 1. The Morgan fingerprint density at radius 2 is 2.00 bits per heavy atom. The molecule has 4 nitrogen and oxygen atoms in total. The van der Waals surface area contributed by atoms with Crippen molar-refractivity contribution < 1.29 is 14.3 Å². The van der Waals surface area contributed by atoms with Gasteiger partial charge in [-0.15, -0.1) is 0 Å². The molecule has 1 heterocycles. The zero-order valence-corrected chi connectivity index (χ0v) is 14.7. The lowest BCUT2D eigenvalue weighted by molar-refractivity contribution is -0.120. The van der Waals surface area contributed by atoms with Crippen LogP contribution in [0.25, 0.3) is 0 Å². The minimum atomic E-state index is 0.0352. The molecule has 0 bridgehead atoms. The van der Waals surface area contributed by atoms with Crippen LogP contribution < -0.4 is 10.1 Å². The number of hydrogen-bond acceptors (Lipinski definition) is 3. The largest absolute Gasteiger partial charge is 0.491 e. The summed E-state index contributed by atoms with van der Waals surface area (Å²) < 4.78 is 11.3. The van der Waals surface area contributed by atoms with E-state index in [1.54, 1.807) is 0 Å². The zero-order valence-electron chi connectivity index (χ0n) is 14.7. The number of aryl methyl sites for hydroxylation is 1. The fraction of sp³-hybridized carbons (Fsp3) is 0.381. The molecule has 132 valence electrons. The molecule has 3 rings (SSSR count). The van der Waals surface area contributed by atoms with Gasteiger partial charge in [0.05, 0.1) is 12.5 Å². The van der Waals surface area contributed by atoms with Gasteiger partial charge in [0.15, 0.2) is 0 Å². The zero-order chi connectivity index (χ0) is 17.5. The van der Waals surface area contributed by atoms with Crippen LogP contribution in [0, 0.1) is 6.92 Å². The molecule has 0 aliphatic carbocycles. The monoisotopic (exact) mass is 339 g/mol. The number of carbonyl (C=O) groups is 1. The highest BCUT2D eigenvalue weighted by Gasteiger charge is 2.15. The van der Waals surface area contributed by atoms with Gasteiger partial charge in [-0.1, -0.05) is 36.4 Å². The predicted molar refractivity (Wildman–Crippen MR) is 97.6 cm³/mol. The molecule has 0 saturated carbocycles. The summed E-state index contributed by atoms with van der Waals surface area (Å²) in [6.07, 6.45) is 2.83. The van der Waals surface area contributed by atoms with Gasteiger partial charge in [0.1, 0.15) is 12.4 Å². The Labute approximate surface area is 149 Å². The fourth-order valence-corrected chi connectivity index (χ4v) is 2.91. The van der Waals surface area contributed by atoms with Gasteiger partial charge < -0.3 is 14.8 Å². The lowest BCUT2D eigenvalue weighted by Crippen LogP contribution is -2.24. The van der Waals surface area contributed by atoms with Crippen LogP contribution in [-0.2, 0) is 22.5 Å². The SMILES string of the molecule is Cc1ccccc1CC(=O)NCc1ccc(OC[C@@H]2CCCO2)cc1. The maximum atomic E-state index is 12.1. The maximum absolute atomic E-state index is 12.1. The molecule has 2 aromatic carbocycles. The fourth-order valence-electron chi connectivity index (χ4n) is 2.91. The molecular formula is C21H25NO3. The van der Waals surface area contributed by atoms with Crippen molar-refractivity contribution in [1.29, 1.82) is 0 Å². The molecule has 4 heteroatoms. The van der Waals surface area contributed by atoms with E-state index in [4.69, 9.17) is 9.47 Å². The van der Waals surface area contributed by atoms with Crippen molar-refractivity contribution in [3.63, 3.8) is 0 Å². The van der Waals surface area contributed by atoms with Crippen molar-refractivity contribution in [2.45, 2.75) is 38.8 Å². The van der Waals surface area contributed by atoms with Gasteiger partial charge in [-0.05, 0) is 48.6 Å². The molecule has 1 saturated heterocycles. The van der Waals surface area contributed by atoms with Crippen LogP contribution in [0.2, 0.25) is 0 Å². The van der Waals surface area contributed by atoms with Crippen LogP contribution in [0.3, 0.4) is 0 Å². The number of ether oxygens (including phenoxy) is 2. The first-order valence-corrected chi connectivity index (χ1v) is 8.85. The summed E-state index contributed by atoms with van der Waals surface area (Å²) in [4.78, 5) is 12.1. The number of rotatable bonds is 7. The number of carbonyl (C=O) groups excluding carboxylic acids is 1. The summed E-state index contributed by atoms with van der Waals surface area (Å²) in [5.74, 6) is 0.874. The summed E-state index contributed by atoms with van der Waals surface area (Å²) in [5.41, 5.74) is 3.27. The standard InChI is InChI=1S/C21H25NO3/c1-16-5-2-3-6-18(16)13-21(23)22-14-17-8-10-19(11-9-17)25-15-20-7-4-12-24-20/h2-3,5-6,8-11,20H,4,7,12-15H2,1H3,(H,22,23)/t20-/m0/s1. The van der Waals surface area contributed by atoms with Crippen LogP contribution in [0.5, 0.6) is 5.75 Å². The average Bonchev–Trinajstić information content (AvgIpc) is 3.15. The van der Waals surface area contributed by atoms with Crippen molar-refractivity contribution in [2.24, 2.45) is 0 Å². The number of benzene rings is 2. The van der Waals surface area contributed by atoms with E-state index in [-0.39, 0.29) is 12.0 Å². The molecule has 1 N–H and O–H groups in total. The highest BCUT2D eigenvalue weighted by atomic mass is 16.5. The van der Waals surface area contributed by atoms with E-state index in [1.165, 1.54) is 0 Å². The van der Waals surface area contributed by atoms with Gasteiger partial charge >= 0.3 is 0 Å². The molecule has 0 unspecified atom stereocenters. The van der Waals surface area contributed by atoms with Crippen LogP contribution in [0.1, 0.15) is 29.5 Å². The molecule has 1 aliphatic rings. The van der Waals surface area contributed by atoms with E-state index in [1.807, 2.05) is 55.5 Å². The second-order valence-electron chi connectivity index (χ2n) is 6.47. The molecule has 1 fully saturated rings. The van der Waals surface area contributed by atoms with E-state index in [0.717, 1.165) is 41.9 Å². The Morgan fingerprint density at radius 1 is 1.20 bits per heavy atom. The summed E-state index contributed by atoms with van der Waals surface area (Å²) >= 11 is 0. The lowest BCUT2D eigenvalue weighted by Gasteiger charge is -2.12. The summed E-state index contributed by atoms with van der Waals surface area (Å²) in [6, 6.07) is 15.8. The van der Waals surface area contributed by atoms with E-state index in [2.05, 4.69) is 5.32 Å². The first kappa shape index (κ1) is 17.5. The molecule has 25 heavy (non-hydrogen) atoms. The molecule has 1 aliphatic heterocycles. The van der Waals surface area contributed by atoms with Gasteiger partial charge in [-0.2, -0.15) is 0 Å². The average molecular weight is 339 g/mol. The highest BCUT2D eigenvalue weighted by molar-refractivity contribution is 5.78. The van der Waals surface area contributed by atoms with Crippen molar-refractivity contribution in [1.82, 2.24) is 5.32 Å².